The van der Waals surface area contributed by atoms with Crippen molar-refractivity contribution in [2.45, 2.75) is 25.8 Å². The molecule has 0 N–H and O–H groups in total. The predicted molar refractivity (Wildman–Crippen MR) is 77.4 cm³/mol. The summed E-state index contributed by atoms with van der Waals surface area (Å²) in [7, 11) is 0. The van der Waals surface area contributed by atoms with Crippen molar-refractivity contribution in [3.8, 4) is 0 Å². The number of rotatable bonds is 1. The highest BCUT2D eigenvalue weighted by molar-refractivity contribution is 6.07. The van der Waals surface area contributed by atoms with Crippen LogP contribution in [0.15, 0.2) is 48.5 Å². The van der Waals surface area contributed by atoms with Gasteiger partial charge in [-0.25, -0.2) is 4.39 Å². The number of amides is 1. The fraction of sp³-hybridized carbons (Fsp3) is 0.235. The lowest BCUT2D eigenvalue weighted by atomic mass is 9.96. The monoisotopic (exact) mass is 269 g/mol. The Hall–Kier alpha value is -2.16. The van der Waals surface area contributed by atoms with Gasteiger partial charge < -0.3 is 4.90 Å². The van der Waals surface area contributed by atoms with Crippen LogP contribution >= 0.6 is 0 Å². The molecule has 1 unspecified atom stereocenters. The summed E-state index contributed by atoms with van der Waals surface area (Å²) in [5.74, 6) is -0.390. The number of hydrogen-bond donors (Lipinski definition) is 0. The third-order valence-electron chi connectivity index (χ3n) is 3.83. The van der Waals surface area contributed by atoms with E-state index >= 15 is 0 Å². The van der Waals surface area contributed by atoms with E-state index in [1.807, 2.05) is 23.1 Å². The highest BCUT2D eigenvalue weighted by Gasteiger charge is 2.28. The molecule has 1 atom stereocenters. The van der Waals surface area contributed by atoms with Gasteiger partial charge in [0.15, 0.2) is 0 Å². The van der Waals surface area contributed by atoms with E-state index in [1.165, 1.54) is 17.7 Å². The van der Waals surface area contributed by atoms with Crippen molar-refractivity contribution in [3.63, 3.8) is 0 Å². The van der Waals surface area contributed by atoms with Crippen molar-refractivity contribution in [2.75, 3.05) is 4.90 Å². The Morgan fingerprint density at radius 3 is 2.60 bits per heavy atom. The van der Waals surface area contributed by atoms with Crippen LogP contribution in [0.1, 0.15) is 29.3 Å². The van der Waals surface area contributed by atoms with Gasteiger partial charge in [0, 0.05) is 17.3 Å². The molecule has 0 bridgehead atoms. The second kappa shape index (κ2) is 5.08. The van der Waals surface area contributed by atoms with Crippen LogP contribution in [0.25, 0.3) is 0 Å². The summed E-state index contributed by atoms with van der Waals surface area (Å²) in [6.45, 7) is 2.05. The Bertz CT molecular complexity index is 636. The van der Waals surface area contributed by atoms with Crippen molar-refractivity contribution in [1.29, 1.82) is 0 Å². The number of carbonyl (C=O) groups excluding carboxylic acids is 1. The SMILES string of the molecule is CC1CCc2ccccc2N1C(=O)c1ccc(F)cc1. The largest absolute Gasteiger partial charge is 0.305 e. The smallest absolute Gasteiger partial charge is 0.258 e. The molecule has 0 saturated heterocycles. The zero-order valence-electron chi connectivity index (χ0n) is 11.3. The van der Waals surface area contributed by atoms with E-state index in [0.717, 1.165) is 18.5 Å². The number of aryl methyl sites for hydroxylation is 1. The number of benzene rings is 2. The molecule has 1 aliphatic heterocycles. The van der Waals surface area contributed by atoms with E-state index in [1.54, 1.807) is 12.1 Å². The highest BCUT2D eigenvalue weighted by atomic mass is 19.1. The van der Waals surface area contributed by atoms with Crippen LogP contribution in [-0.4, -0.2) is 11.9 Å². The maximum absolute atomic E-state index is 13.0. The summed E-state index contributed by atoms with van der Waals surface area (Å²) in [6.07, 6.45) is 1.94. The summed E-state index contributed by atoms with van der Waals surface area (Å²) < 4.78 is 13.0. The minimum absolute atomic E-state index is 0.0651. The molecule has 2 aromatic carbocycles. The van der Waals surface area contributed by atoms with E-state index in [4.69, 9.17) is 0 Å². The lowest BCUT2D eigenvalue weighted by Crippen LogP contribution is -2.42. The number of hydrogen-bond acceptors (Lipinski definition) is 1. The van der Waals surface area contributed by atoms with Gasteiger partial charge in [-0.2, -0.15) is 0 Å². The number of para-hydroxylation sites is 1. The molecular weight excluding hydrogens is 253 g/mol. The number of nitrogens with zero attached hydrogens (tertiary/aromatic N) is 1. The maximum Gasteiger partial charge on any atom is 0.258 e. The Labute approximate surface area is 117 Å². The van der Waals surface area contributed by atoms with E-state index in [-0.39, 0.29) is 17.8 Å². The zero-order chi connectivity index (χ0) is 14.1. The van der Waals surface area contributed by atoms with Crippen LogP contribution < -0.4 is 4.90 Å². The van der Waals surface area contributed by atoms with Crippen LogP contribution in [0.4, 0.5) is 10.1 Å². The van der Waals surface area contributed by atoms with E-state index < -0.39 is 0 Å². The Kier molecular flexibility index (Phi) is 3.26. The molecule has 102 valence electrons. The Morgan fingerprint density at radius 2 is 1.85 bits per heavy atom. The number of carbonyl (C=O) groups is 1. The molecule has 0 spiro atoms. The summed E-state index contributed by atoms with van der Waals surface area (Å²) in [4.78, 5) is 14.5. The van der Waals surface area contributed by atoms with Gasteiger partial charge in [0.05, 0.1) is 0 Å². The number of halogens is 1. The van der Waals surface area contributed by atoms with Crippen LogP contribution in [0.3, 0.4) is 0 Å². The Balaban J connectivity index is 2.00. The predicted octanol–water partition coefficient (Wildman–Crippen LogP) is 3.81. The molecule has 1 amide bonds. The van der Waals surface area contributed by atoms with Crippen LogP contribution in [0.2, 0.25) is 0 Å². The molecule has 1 heterocycles. The van der Waals surface area contributed by atoms with Gasteiger partial charge in [0.25, 0.3) is 5.91 Å². The minimum Gasteiger partial charge on any atom is -0.305 e. The molecule has 3 rings (SSSR count). The van der Waals surface area contributed by atoms with Gasteiger partial charge in [-0.15, -0.1) is 0 Å². The molecule has 3 heteroatoms. The molecule has 1 aliphatic rings. The average Bonchev–Trinajstić information content (AvgIpc) is 2.47. The van der Waals surface area contributed by atoms with Crippen LogP contribution in [0.5, 0.6) is 0 Å². The molecule has 0 saturated carbocycles. The van der Waals surface area contributed by atoms with Gasteiger partial charge in [0.1, 0.15) is 5.82 Å². The van der Waals surface area contributed by atoms with E-state index in [0.29, 0.717) is 5.56 Å². The summed E-state index contributed by atoms with van der Waals surface area (Å²) in [6, 6.07) is 13.9. The average molecular weight is 269 g/mol. The third-order valence-corrected chi connectivity index (χ3v) is 3.83. The number of fused-ring (bicyclic) bond motifs is 1. The van der Waals surface area contributed by atoms with Gasteiger partial charge in [-0.1, -0.05) is 18.2 Å². The minimum atomic E-state index is -0.325. The lowest BCUT2D eigenvalue weighted by Gasteiger charge is -2.35. The number of anilines is 1. The lowest BCUT2D eigenvalue weighted by molar-refractivity contribution is 0.0975. The standard InChI is InChI=1S/C17H16FNO/c1-12-6-7-13-4-2-3-5-16(13)19(12)17(20)14-8-10-15(18)11-9-14/h2-5,8-12H,6-7H2,1H3. The highest BCUT2D eigenvalue weighted by Crippen LogP contribution is 2.31. The van der Waals surface area contributed by atoms with Crippen molar-refractivity contribution in [1.82, 2.24) is 0 Å². The fourth-order valence-corrected chi connectivity index (χ4v) is 2.73. The van der Waals surface area contributed by atoms with E-state index in [2.05, 4.69) is 13.0 Å². The molecule has 0 aromatic heterocycles. The maximum atomic E-state index is 13.0. The van der Waals surface area contributed by atoms with Crippen LogP contribution in [0, 0.1) is 5.82 Å². The van der Waals surface area contributed by atoms with Crippen molar-refractivity contribution >= 4 is 11.6 Å². The molecule has 2 nitrogen and oxygen atoms in total. The molecule has 0 radical (unpaired) electrons. The third kappa shape index (κ3) is 2.20. The molecule has 20 heavy (non-hydrogen) atoms. The van der Waals surface area contributed by atoms with Gasteiger partial charge in [0.2, 0.25) is 0 Å². The summed E-state index contributed by atoms with van der Waals surface area (Å²) in [5.41, 5.74) is 2.69. The molecular formula is C17H16FNO. The zero-order valence-corrected chi connectivity index (χ0v) is 11.3. The first-order valence-electron chi connectivity index (χ1n) is 6.84. The van der Waals surface area contributed by atoms with Gasteiger partial charge >= 0.3 is 0 Å². The fourth-order valence-electron chi connectivity index (χ4n) is 2.73. The van der Waals surface area contributed by atoms with Gasteiger partial charge in [-0.05, 0) is 55.7 Å². The second-order valence-electron chi connectivity index (χ2n) is 5.20. The first-order chi connectivity index (χ1) is 9.66. The van der Waals surface area contributed by atoms with Gasteiger partial charge in [-0.3, -0.25) is 4.79 Å². The molecule has 2 aromatic rings. The van der Waals surface area contributed by atoms with Crippen LogP contribution in [-0.2, 0) is 6.42 Å². The van der Waals surface area contributed by atoms with E-state index in [9.17, 15) is 9.18 Å². The molecule has 0 fully saturated rings. The second-order valence-corrected chi connectivity index (χ2v) is 5.20. The molecule has 0 aliphatic carbocycles. The van der Waals surface area contributed by atoms with Crippen molar-refractivity contribution in [2.24, 2.45) is 0 Å². The first-order valence-corrected chi connectivity index (χ1v) is 6.84. The first kappa shape index (κ1) is 12.9. The van der Waals surface area contributed by atoms with Crippen molar-refractivity contribution < 1.29 is 9.18 Å². The summed E-state index contributed by atoms with van der Waals surface area (Å²) >= 11 is 0. The quantitative estimate of drug-likeness (QED) is 0.771. The normalized spacial score (nSPS) is 17.7. The summed E-state index contributed by atoms with van der Waals surface area (Å²) in [5, 5.41) is 0. The Morgan fingerprint density at radius 1 is 1.15 bits per heavy atom. The van der Waals surface area contributed by atoms with Crippen molar-refractivity contribution in [3.05, 3.63) is 65.5 Å². The topological polar surface area (TPSA) is 20.3 Å².